The Morgan fingerprint density at radius 1 is 1.00 bits per heavy atom. The molecule has 2 N–H and O–H groups in total. The third-order valence-corrected chi connectivity index (χ3v) is 5.84. The molecule has 31 heavy (non-hydrogen) atoms. The minimum Gasteiger partial charge on any atom is -0.355 e. The van der Waals surface area contributed by atoms with Crippen molar-refractivity contribution < 1.29 is 13.6 Å². The Bertz CT molecular complexity index is 1070. The normalized spacial score (nSPS) is 19.1. The van der Waals surface area contributed by atoms with Crippen LogP contribution in [0.25, 0.3) is 10.8 Å². The van der Waals surface area contributed by atoms with Crippen LogP contribution in [0.3, 0.4) is 0 Å². The first kappa shape index (κ1) is 21.4. The first-order valence-corrected chi connectivity index (χ1v) is 10.7. The highest BCUT2D eigenvalue weighted by Gasteiger charge is 2.36. The fraction of sp³-hybridized carbons (Fsp3) is 0.320. The van der Waals surface area contributed by atoms with E-state index in [1.54, 1.807) is 6.07 Å². The molecule has 3 aromatic carbocycles. The summed E-state index contributed by atoms with van der Waals surface area (Å²) in [5, 5.41) is 8.72. The largest absolute Gasteiger partial charge is 0.355 e. The van der Waals surface area contributed by atoms with Crippen LogP contribution < -0.4 is 10.6 Å². The van der Waals surface area contributed by atoms with Crippen molar-refractivity contribution in [2.24, 2.45) is 0 Å². The van der Waals surface area contributed by atoms with Gasteiger partial charge in [0.15, 0.2) is 11.6 Å². The van der Waals surface area contributed by atoms with Crippen LogP contribution in [-0.2, 0) is 17.9 Å². The van der Waals surface area contributed by atoms with Crippen LogP contribution >= 0.6 is 0 Å². The van der Waals surface area contributed by atoms with E-state index in [1.807, 2.05) is 19.1 Å². The van der Waals surface area contributed by atoms with Gasteiger partial charge in [-0.3, -0.25) is 9.69 Å². The number of benzene rings is 3. The average Bonchev–Trinajstić information content (AvgIpc) is 3.17. The number of hydrogen-bond acceptors (Lipinski definition) is 3. The summed E-state index contributed by atoms with van der Waals surface area (Å²) in [6.45, 7) is 4.31. The Morgan fingerprint density at radius 3 is 2.55 bits per heavy atom. The van der Waals surface area contributed by atoms with Gasteiger partial charge >= 0.3 is 0 Å². The number of hydrogen-bond donors (Lipinski definition) is 2. The molecule has 0 spiro atoms. The SMILES string of the molecule is CCNC(=O)[C@@H]1C[C@@H](NCc2ccc(F)c(F)c2)CN1Cc1ccc2ccccc2c1. The monoisotopic (exact) mass is 423 g/mol. The number of rotatable bonds is 7. The first-order valence-electron chi connectivity index (χ1n) is 10.7. The minimum atomic E-state index is -0.845. The molecule has 1 amide bonds. The van der Waals surface area contributed by atoms with E-state index in [4.69, 9.17) is 0 Å². The maximum Gasteiger partial charge on any atom is 0.237 e. The molecule has 0 bridgehead atoms. The second kappa shape index (κ2) is 9.54. The number of likely N-dealkylation sites (tertiary alicyclic amines) is 1. The molecule has 4 rings (SSSR count). The molecular weight excluding hydrogens is 396 g/mol. The lowest BCUT2D eigenvalue weighted by Gasteiger charge is -2.23. The molecule has 1 fully saturated rings. The first-order chi connectivity index (χ1) is 15.0. The summed E-state index contributed by atoms with van der Waals surface area (Å²) < 4.78 is 26.6. The second-order valence-corrected chi connectivity index (χ2v) is 8.08. The van der Waals surface area contributed by atoms with Crippen LogP contribution in [0.1, 0.15) is 24.5 Å². The summed E-state index contributed by atoms with van der Waals surface area (Å²) in [4.78, 5) is 14.9. The fourth-order valence-corrected chi connectivity index (χ4v) is 4.27. The van der Waals surface area contributed by atoms with Crippen molar-refractivity contribution in [3.8, 4) is 0 Å². The van der Waals surface area contributed by atoms with Gasteiger partial charge in [0.25, 0.3) is 0 Å². The summed E-state index contributed by atoms with van der Waals surface area (Å²) in [6, 6.07) is 18.4. The van der Waals surface area contributed by atoms with Crippen LogP contribution in [0.15, 0.2) is 60.7 Å². The summed E-state index contributed by atoms with van der Waals surface area (Å²) in [5.74, 6) is -1.66. The van der Waals surface area contributed by atoms with Crippen LogP contribution in [-0.4, -0.2) is 36.0 Å². The van der Waals surface area contributed by atoms with Crippen molar-refractivity contribution in [1.82, 2.24) is 15.5 Å². The second-order valence-electron chi connectivity index (χ2n) is 8.08. The van der Waals surface area contributed by atoms with E-state index < -0.39 is 11.6 Å². The van der Waals surface area contributed by atoms with Gasteiger partial charge in [-0.05, 0) is 53.4 Å². The van der Waals surface area contributed by atoms with Crippen molar-refractivity contribution in [2.75, 3.05) is 13.1 Å². The Kier molecular flexibility index (Phi) is 6.59. The van der Waals surface area contributed by atoms with Gasteiger partial charge in [-0.2, -0.15) is 0 Å². The number of nitrogens with one attached hydrogen (secondary N) is 2. The number of fused-ring (bicyclic) bond motifs is 1. The van der Waals surface area contributed by atoms with E-state index in [9.17, 15) is 13.6 Å². The van der Waals surface area contributed by atoms with E-state index >= 15 is 0 Å². The predicted octanol–water partition coefficient (Wildman–Crippen LogP) is 3.99. The fourth-order valence-electron chi connectivity index (χ4n) is 4.27. The number of carbonyl (C=O) groups excluding carboxylic acids is 1. The zero-order valence-electron chi connectivity index (χ0n) is 17.6. The van der Waals surface area contributed by atoms with Gasteiger partial charge in [0, 0.05) is 32.2 Å². The zero-order chi connectivity index (χ0) is 21.8. The van der Waals surface area contributed by atoms with Gasteiger partial charge in [0.05, 0.1) is 6.04 Å². The number of halogens is 2. The molecule has 1 saturated heterocycles. The summed E-state index contributed by atoms with van der Waals surface area (Å²) in [6.07, 6.45) is 0.670. The molecular formula is C25H27F2N3O. The van der Waals surface area contributed by atoms with E-state index in [2.05, 4.69) is 45.9 Å². The Balaban J connectivity index is 1.46. The predicted molar refractivity (Wildman–Crippen MR) is 118 cm³/mol. The van der Waals surface area contributed by atoms with Gasteiger partial charge in [0.1, 0.15) is 0 Å². The maximum atomic E-state index is 13.5. The van der Waals surface area contributed by atoms with Gasteiger partial charge in [0.2, 0.25) is 5.91 Å². The molecule has 0 unspecified atom stereocenters. The van der Waals surface area contributed by atoms with Crippen molar-refractivity contribution in [1.29, 1.82) is 0 Å². The molecule has 1 heterocycles. The molecule has 1 aliphatic rings. The smallest absolute Gasteiger partial charge is 0.237 e. The molecule has 4 nitrogen and oxygen atoms in total. The lowest BCUT2D eigenvalue weighted by molar-refractivity contribution is -0.125. The lowest BCUT2D eigenvalue weighted by Crippen LogP contribution is -2.42. The van der Waals surface area contributed by atoms with E-state index in [0.717, 1.165) is 11.6 Å². The number of carbonyl (C=O) groups is 1. The highest BCUT2D eigenvalue weighted by atomic mass is 19.2. The standard InChI is InChI=1S/C25H27F2N3O/c1-2-28-25(31)24-13-21(29-14-17-8-10-22(26)23(27)12-17)16-30(24)15-18-7-9-19-5-3-4-6-20(19)11-18/h3-12,21,24,29H,2,13-16H2,1H3,(H,28,31)/t21-,24+/m1/s1. The zero-order valence-corrected chi connectivity index (χ0v) is 17.6. The van der Waals surface area contributed by atoms with Gasteiger partial charge in [-0.1, -0.05) is 42.5 Å². The summed E-state index contributed by atoms with van der Waals surface area (Å²) >= 11 is 0. The summed E-state index contributed by atoms with van der Waals surface area (Å²) in [5.41, 5.74) is 1.84. The highest BCUT2D eigenvalue weighted by Crippen LogP contribution is 2.23. The molecule has 0 saturated carbocycles. The minimum absolute atomic E-state index is 0.0282. The van der Waals surface area contributed by atoms with Gasteiger partial charge in [-0.15, -0.1) is 0 Å². The molecule has 0 aromatic heterocycles. The Labute approximate surface area is 181 Å². The molecule has 0 aliphatic carbocycles. The lowest BCUT2D eigenvalue weighted by atomic mass is 10.1. The van der Waals surface area contributed by atoms with Crippen molar-refractivity contribution in [3.63, 3.8) is 0 Å². The van der Waals surface area contributed by atoms with Crippen LogP contribution in [0.2, 0.25) is 0 Å². The van der Waals surface area contributed by atoms with Crippen LogP contribution in [0.5, 0.6) is 0 Å². The third-order valence-electron chi connectivity index (χ3n) is 5.84. The number of amides is 1. The molecule has 162 valence electrons. The topological polar surface area (TPSA) is 44.4 Å². The average molecular weight is 424 g/mol. The quantitative estimate of drug-likeness (QED) is 0.604. The van der Waals surface area contributed by atoms with E-state index in [-0.39, 0.29) is 18.0 Å². The summed E-state index contributed by atoms with van der Waals surface area (Å²) in [7, 11) is 0. The maximum absolute atomic E-state index is 13.5. The van der Waals surface area contributed by atoms with Crippen molar-refractivity contribution in [2.45, 2.75) is 38.5 Å². The Hall–Kier alpha value is -2.83. The molecule has 0 radical (unpaired) electrons. The van der Waals surface area contributed by atoms with Crippen molar-refractivity contribution >= 4 is 16.7 Å². The molecule has 1 aliphatic heterocycles. The molecule has 2 atom stereocenters. The van der Waals surface area contributed by atoms with Crippen LogP contribution in [0.4, 0.5) is 8.78 Å². The van der Waals surface area contributed by atoms with Gasteiger partial charge in [-0.25, -0.2) is 8.78 Å². The van der Waals surface area contributed by atoms with Crippen molar-refractivity contribution in [3.05, 3.63) is 83.4 Å². The third kappa shape index (κ3) is 5.09. The Morgan fingerprint density at radius 2 is 1.77 bits per heavy atom. The van der Waals surface area contributed by atoms with E-state index in [1.165, 1.54) is 16.8 Å². The molecule has 3 aromatic rings. The number of nitrogens with zero attached hydrogens (tertiary/aromatic N) is 1. The van der Waals surface area contributed by atoms with Gasteiger partial charge < -0.3 is 10.6 Å². The van der Waals surface area contributed by atoms with E-state index in [0.29, 0.717) is 38.2 Å². The number of likely N-dealkylation sites (N-methyl/N-ethyl adjacent to an activating group) is 1. The van der Waals surface area contributed by atoms with Crippen LogP contribution in [0, 0.1) is 11.6 Å². The molecule has 6 heteroatoms. The highest BCUT2D eigenvalue weighted by molar-refractivity contribution is 5.83.